The SMILES string of the molecule is c1ccc(-n2c3ccccc3c3cc(-c4cccc5oc6c(-c7cccc(-n8c9ccccc9c9ccccc98)c7)cccc6c45)ccc32)cc1. The maximum Gasteiger partial charge on any atom is 0.143 e. The molecule has 0 saturated carbocycles. The maximum atomic E-state index is 6.78. The first-order valence-corrected chi connectivity index (χ1v) is 17.4. The number of benzene rings is 8. The summed E-state index contributed by atoms with van der Waals surface area (Å²) in [7, 11) is 0. The molecular formula is C48H30N2O. The smallest absolute Gasteiger partial charge is 0.143 e. The Balaban J connectivity index is 1.09. The van der Waals surface area contributed by atoms with Crippen LogP contribution in [0.15, 0.2) is 186 Å². The van der Waals surface area contributed by atoms with Gasteiger partial charge in [-0.25, -0.2) is 0 Å². The van der Waals surface area contributed by atoms with E-state index in [1.165, 1.54) is 54.7 Å². The molecule has 238 valence electrons. The van der Waals surface area contributed by atoms with Crippen LogP contribution in [0.4, 0.5) is 0 Å². The Morgan fingerprint density at radius 3 is 1.61 bits per heavy atom. The van der Waals surface area contributed by atoms with Crippen LogP contribution in [0.5, 0.6) is 0 Å². The third-order valence-corrected chi connectivity index (χ3v) is 10.5. The monoisotopic (exact) mass is 650 g/mol. The first-order valence-electron chi connectivity index (χ1n) is 17.4. The third-order valence-electron chi connectivity index (χ3n) is 10.5. The molecule has 0 fully saturated rings. The summed E-state index contributed by atoms with van der Waals surface area (Å²) in [6.07, 6.45) is 0. The number of nitrogens with zero attached hydrogens (tertiary/aromatic N) is 2. The van der Waals surface area contributed by atoms with E-state index in [0.717, 1.165) is 44.4 Å². The van der Waals surface area contributed by atoms with Crippen LogP contribution in [0.3, 0.4) is 0 Å². The van der Waals surface area contributed by atoms with Crippen molar-refractivity contribution in [3.05, 3.63) is 182 Å². The minimum absolute atomic E-state index is 0.889. The van der Waals surface area contributed by atoms with Crippen molar-refractivity contribution in [2.75, 3.05) is 0 Å². The highest BCUT2D eigenvalue weighted by Gasteiger charge is 2.19. The van der Waals surface area contributed by atoms with Gasteiger partial charge in [0.05, 0.1) is 22.1 Å². The second kappa shape index (κ2) is 10.8. The van der Waals surface area contributed by atoms with Crippen molar-refractivity contribution in [3.63, 3.8) is 0 Å². The molecular weight excluding hydrogens is 621 g/mol. The molecule has 0 N–H and O–H groups in total. The van der Waals surface area contributed by atoms with Crippen molar-refractivity contribution in [2.24, 2.45) is 0 Å². The van der Waals surface area contributed by atoms with Gasteiger partial charge in [-0.15, -0.1) is 0 Å². The molecule has 3 heterocycles. The molecule has 11 rings (SSSR count). The number of rotatable bonds is 4. The molecule has 0 radical (unpaired) electrons. The summed E-state index contributed by atoms with van der Waals surface area (Å²) in [6.45, 7) is 0. The lowest BCUT2D eigenvalue weighted by molar-refractivity contribution is 0.670. The van der Waals surface area contributed by atoms with Gasteiger partial charge in [0.1, 0.15) is 11.2 Å². The van der Waals surface area contributed by atoms with E-state index in [9.17, 15) is 0 Å². The van der Waals surface area contributed by atoms with Gasteiger partial charge < -0.3 is 13.6 Å². The molecule has 0 spiro atoms. The Bertz CT molecular complexity index is 3090. The van der Waals surface area contributed by atoms with E-state index in [0.29, 0.717) is 0 Å². The number of hydrogen-bond acceptors (Lipinski definition) is 1. The van der Waals surface area contributed by atoms with Gasteiger partial charge in [0, 0.05) is 49.3 Å². The molecule has 3 aromatic heterocycles. The Morgan fingerprint density at radius 1 is 0.333 bits per heavy atom. The molecule has 8 aromatic carbocycles. The quantitative estimate of drug-likeness (QED) is 0.186. The highest BCUT2D eigenvalue weighted by Crippen LogP contribution is 2.43. The fourth-order valence-corrected chi connectivity index (χ4v) is 8.32. The van der Waals surface area contributed by atoms with E-state index in [1.807, 2.05) is 0 Å². The summed E-state index contributed by atoms with van der Waals surface area (Å²) in [5.74, 6) is 0. The van der Waals surface area contributed by atoms with Crippen LogP contribution < -0.4 is 0 Å². The summed E-state index contributed by atoms with van der Waals surface area (Å²) < 4.78 is 11.5. The molecule has 0 aliphatic rings. The van der Waals surface area contributed by atoms with E-state index < -0.39 is 0 Å². The predicted molar refractivity (Wildman–Crippen MR) is 213 cm³/mol. The first-order chi connectivity index (χ1) is 25.3. The standard InChI is InChI=1S/C48H30N2O/c1-2-14-33(15-3-1)49-44-25-9-6-19-39(44)41-30-32(27-28-45(41)49)35-20-12-26-46-47(35)40-22-11-21-36(48(40)51-46)31-13-10-16-34(29-31)50-42-23-7-4-17-37(42)38-18-5-8-24-43(38)50/h1-30H. The summed E-state index contributed by atoms with van der Waals surface area (Å²) in [4.78, 5) is 0. The number of furan rings is 1. The maximum absolute atomic E-state index is 6.78. The van der Waals surface area contributed by atoms with Gasteiger partial charge in [-0.2, -0.15) is 0 Å². The average molecular weight is 651 g/mol. The average Bonchev–Trinajstić information content (AvgIpc) is 3.86. The van der Waals surface area contributed by atoms with Crippen LogP contribution in [-0.2, 0) is 0 Å². The van der Waals surface area contributed by atoms with E-state index in [-0.39, 0.29) is 0 Å². The van der Waals surface area contributed by atoms with Crippen LogP contribution in [0.2, 0.25) is 0 Å². The highest BCUT2D eigenvalue weighted by molar-refractivity contribution is 6.17. The van der Waals surface area contributed by atoms with Crippen LogP contribution >= 0.6 is 0 Å². The lowest BCUT2D eigenvalue weighted by Gasteiger charge is -2.10. The second-order valence-corrected chi connectivity index (χ2v) is 13.3. The van der Waals surface area contributed by atoms with Gasteiger partial charge in [-0.3, -0.25) is 0 Å². The normalized spacial score (nSPS) is 11.9. The summed E-state index contributed by atoms with van der Waals surface area (Å²) >= 11 is 0. The molecule has 51 heavy (non-hydrogen) atoms. The first kappa shape index (κ1) is 28.0. The van der Waals surface area contributed by atoms with E-state index in [2.05, 4.69) is 191 Å². The minimum atomic E-state index is 0.889. The molecule has 0 atom stereocenters. The zero-order valence-corrected chi connectivity index (χ0v) is 27.6. The zero-order valence-electron chi connectivity index (χ0n) is 27.6. The largest absolute Gasteiger partial charge is 0.455 e. The molecule has 0 aliphatic heterocycles. The predicted octanol–water partition coefficient (Wildman–Crippen LogP) is 13.1. The minimum Gasteiger partial charge on any atom is -0.455 e. The van der Waals surface area contributed by atoms with Crippen LogP contribution in [-0.4, -0.2) is 9.13 Å². The van der Waals surface area contributed by atoms with E-state index in [1.54, 1.807) is 0 Å². The Morgan fingerprint density at radius 2 is 0.863 bits per heavy atom. The fraction of sp³-hybridized carbons (Fsp3) is 0. The van der Waals surface area contributed by atoms with Crippen molar-refractivity contribution in [1.29, 1.82) is 0 Å². The van der Waals surface area contributed by atoms with E-state index >= 15 is 0 Å². The van der Waals surface area contributed by atoms with Gasteiger partial charge >= 0.3 is 0 Å². The van der Waals surface area contributed by atoms with Crippen molar-refractivity contribution < 1.29 is 4.42 Å². The molecule has 0 amide bonds. The van der Waals surface area contributed by atoms with Gasteiger partial charge in [-0.05, 0) is 77.4 Å². The fourth-order valence-electron chi connectivity index (χ4n) is 8.32. The molecule has 3 heteroatoms. The Kier molecular flexibility index (Phi) is 5.96. The molecule has 0 bridgehead atoms. The molecule has 11 aromatic rings. The summed E-state index contributed by atoms with van der Waals surface area (Å²) in [5.41, 5.74) is 13.4. The number of fused-ring (bicyclic) bond motifs is 9. The lowest BCUT2D eigenvalue weighted by Crippen LogP contribution is -1.94. The van der Waals surface area contributed by atoms with Crippen LogP contribution in [0.1, 0.15) is 0 Å². The second-order valence-electron chi connectivity index (χ2n) is 13.3. The number of aromatic nitrogens is 2. The van der Waals surface area contributed by atoms with Crippen LogP contribution in [0, 0.1) is 0 Å². The molecule has 0 saturated heterocycles. The van der Waals surface area contributed by atoms with Gasteiger partial charge in [0.2, 0.25) is 0 Å². The third kappa shape index (κ3) is 4.12. The number of para-hydroxylation sites is 5. The molecule has 0 aliphatic carbocycles. The topological polar surface area (TPSA) is 23.0 Å². The molecule has 0 unspecified atom stereocenters. The Labute approximate surface area is 293 Å². The highest BCUT2D eigenvalue weighted by atomic mass is 16.3. The van der Waals surface area contributed by atoms with Crippen molar-refractivity contribution in [3.8, 4) is 33.6 Å². The van der Waals surface area contributed by atoms with Crippen molar-refractivity contribution >= 4 is 65.6 Å². The van der Waals surface area contributed by atoms with E-state index in [4.69, 9.17) is 4.42 Å². The summed E-state index contributed by atoms with van der Waals surface area (Å²) in [5, 5.41) is 7.25. The van der Waals surface area contributed by atoms with Crippen molar-refractivity contribution in [1.82, 2.24) is 9.13 Å². The molecule has 3 nitrogen and oxygen atoms in total. The lowest BCUT2D eigenvalue weighted by atomic mass is 9.96. The Hall–Kier alpha value is -6.84. The summed E-state index contributed by atoms with van der Waals surface area (Å²) in [6, 6.07) is 65.3. The van der Waals surface area contributed by atoms with Crippen molar-refractivity contribution in [2.45, 2.75) is 0 Å². The van der Waals surface area contributed by atoms with Gasteiger partial charge in [0.15, 0.2) is 0 Å². The number of hydrogen-bond donors (Lipinski definition) is 0. The zero-order chi connectivity index (χ0) is 33.5. The van der Waals surface area contributed by atoms with Gasteiger partial charge in [0.25, 0.3) is 0 Å². The van der Waals surface area contributed by atoms with Crippen LogP contribution in [0.25, 0.3) is 99.2 Å². The van der Waals surface area contributed by atoms with Gasteiger partial charge in [-0.1, -0.05) is 121 Å².